The second kappa shape index (κ2) is 10.4. The Morgan fingerprint density at radius 2 is 2.00 bits per heavy atom. The van der Waals surface area contributed by atoms with Gasteiger partial charge in [-0.2, -0.15) is 5.10 Å². The van der Waals surface area contributed by atoms with Crippen molar-refractivity contribution in [1.29, 1.82) is 0 Å². The predicted octanol–water partition coefficient (Wildman–Crippen LogP) is 4.48. The Morgan fingerprint density at radius 1 is 1.15 bits per heavy atom. The summed E-state index contributed by atoms with van der Waals surface area (Å²) in [7, 11) is 3.35. The second-order valence-corrected chi connectivity index (χ2v) is 8.03. The number of H-pyrrole nitrogens is 1. The van der Waals surface area contributed by atoms with Gasteiger partial charge in [0.2, 0.25) is 5.75 Å². The average molecular weight is 454 g/mol. The van der Waals surface area contributed by atoms with Crippen LogP contribution in [0.5, 0.6) is 17.2 Å². The number of aromatic amines is 1. The third-order valence-corrected chi connectivity index (χ3v) is 5.61. The SMILES string of the molecule is COc1cc(C(=O)N(C)CCCCCc2cc(-c3cccc(F)c3)n[nH]2)cc2c1OCCO2. The lowest BCUT2D eigenvalue weighted by molar-refractivity contribution is 0.0790. The first kappa shape index (κ1) is 22.6. The quantitative estimate of drug-likeness (QED) is 0.484. The van der Waals surface area contributed by atoms with Crippen LogP contribution in [0.1, 0.15) is 35.3 Å². The summed E-state index contributed by atoms with van der Waals surface area (Å²) in [6.07, 6.45) is 3.66. The zero-order valence-corrected chi connectivity index (χ0v) is 18.9. The fourth-order valence-electron chi connectivity index (χ4n) is 3.85. The number of unbranched alkanes of at least 4 members (excludes halogenated alkanes) is 2. The Hall–Kier alpha value is -3.55. The monoisotopic (exact) mass is 453 g/mol. The molecule has 2 heterocycles. The lowest BCUT2D eigenvalue weighted by Gasteiger charge is -2.23. The summed E-state index contributed by atoms with van der Waals surface area (Å²) >= 11 is 0. The molecule has 0 fully saturated rings. The van der Waals surface area contributed by atoms with E-state index < -0.39 is 0 Å². The smallest absolute Gasteiger partial charge is 0.253 e. The van der Waals surface area contributed by atoms with Crippen LogP contribution >= 0.6 is 0 Å². The van der Waals surface area contributed by atoms with Crippen molar-refractivity contribution in [2.75, 3.05) is 33.9 Å². The first-order valence-corrected chi connectivity index (χ1v) is 11.1. The lowest BCUT2D eigenvalue weighted by atomic mass is 10.1. The van der Waals surface area contributed by atoms with Gasteiger partial charge in [0.05, 0.1) is 12.8 Å². The molecular formula is C25H28FN3O4. The number of methoxy groups -OCH3 is 1. The summed E-state index contributed by atoms with van der Waals surface area (Å²) in [5.41, 5.74) is 3.03. The molecule has 1 aliphatic heterocycles. The van der Waals surface area contributed by atoms with Gasteiger partial charge in [-0.15, -0.1) is 0 Å². The van der Waals surface area contributed by atoms with Gasteiger partial charge in [-0.1, -0.05) is 18.6 Å². The van der Waals surface area contributed by atoms with Crippen LogP contribution in [-0.2, 0) is 6.42 Å². The van der Waals surface area contributed by atoms with Crippen LogP contribution in [0.25, 0.3) is 11.3 Å². The minimum Gasteiger partial charge on any atom is -0.493 e. The van der Waals surface area contributed by atoms with Gasteiger partial charge in [0.15, 0.2) is 11.5 Å². The highest BCUT2D eigenvalue weighted by Gasteiger charge is 2.22. The number of ether oxygens (including phenoxy) is 3. The summed E-state index contributed by atoms with van der Waals surface area (Å²) in [5.74, 6) is 1.22. The van der Waals surface area contributed by atoms with E-state index in [4.69, 9.17) is 14.2 Å². The molecule has 1 aromatic heterocycles. The van der Waals surface area contributed by atoms with Crippen molar-refractivity contribution >= 4 is 5.91 Å². The molecule has 0 aliphatic carbocycles. The number of amides is 1. The Morgan fingerprint density at radius 3 is 2.82 bits per heavy atom. The molecule has 0 bridgehead atoms. The first-order chi connectivity index (χ1) is 16.0. The van der Waals surface area contributed by atoms with Crippen LogP contribution in [0.2, 0.25) is 0 Å². The number of aromatic nitrogens is 2. The zero-order valence-electron chi connectivity index (χ0n) is 18.9. The van der Waals surface area contributed by atoms with Gasteiger partial charge in [0, 0.05) is 30.4 Å². The van der Waals surface area contributed by atoms with E-state index >= 15 is 0 Å². The molecule has 3 aromatic rings. The van der Waals surface area contributed by atoms with Gasteiger partial charge < -0.3 is 19.1 Å². The zero-order chi connectivity index (χ0) is 23.2. The number of carbonyl (C=O) groups excluding carboxylic acids is 1. The third kappa shape index (κ3) is 5.45. The van der Waals surface area contributed by atoms with Crippen molar-refractivity contribution in [2.24, 2.45) is 0 Å². The summed E-state index contributed by atoms with van der Waals surface area (Å²) in [4.78, 5) is 14.6. The molecule has 0 saturated carbocycles. The van der Waals surface area contributed by atoms with E-state index in [9.17, 15) is 9.18 Å². The van der Waals surface area contributed by atoms with Crippen LogP contribution in [0.3, 0.4) is 0 Å². The van der Waals surface area contributed by atoms with Crippen LogP contribution < -0.4 is 14.2 Å². The minimum absolute atomic E-state index is 0.0847. The molecule has 0 atom stereocenters. The highest BCUT2D eigenvalue weighted by atomic mass is 19.1. The summed E-state index contributed by atoms with van der Waals surface area (Å²) in [6.45, 7) is 1.55. The molecule has 0 saturated heterocycles. The maximum absolute atomic E-state index is 13.4. The van der Waals surface area contributed by atoms with E-state index in [-0.39, 0.29) is 11.7 Å². The molecule has 7 nitrogen and oxygen atoms in total. The van der Waals surface area contributed by atoms with Crippen LogP contribution in [0.4, 0.5) is 4.39 Å². The Labute approximate surface area is 192 Å². The summed E-state index contributed by atoms with van der Waals surface area (Å²) < 4.78 is 30.0. The Kier molecular flexibility index (Phi) is 7.12. The maximum atomic E-state index is 13.4. The number of carbonyl (C=O) groups is 1. The van der Waals surface area contributed by atoms with E-state index in [2.05, 4.69) is 10.2 Å². The number of aryl methyl sites for hydroxylation is 1. The van der Waals surface area contributed by atoms with Gasteiger partial charge in [-0.05, 0) is 49.6 Å². The van der Waals surface area contributed by atoms with E-state index in [1.54, 1.807) is 37.3 Å². The van der Waals surface area contributed by atoms with Gasteiger partial charge >= 0.3 is 0 Å². The number of hydrogen-bond donors (Lipinski definition) is 1. The largest absolute Gasteiger partial charge is 0.493 e. The topological polar surface area (TPSA) is 76.7 Å². The molecule has 1 amide bonds. The number of rotatable bonds is 9. The van der Waals surface area contributed by atoms with Crippen molar-refractivity contribution in [2.45, 2.75) is 25.7 Å². The van der Waals surface area contributed by atoms with Crippen molar-refractivity contribution in [1.82, 2.24) is 15.1 Å². The standard InChI is InChI=1S/C25H28FN3O4/c1-29(25(30)18-14-22(31-2)24-23(15-18)32-11-12-33-24)10-5-3-4-9-20-16-21(28-27-20)17-7-6-8-19(26)13-17/h6-8,13-16H,3-5,9-12H2,1-2H3,(H,27,28). The summed E-state index contributed by atoms with van der Waals surface area (Å²) in [6, 6.07) is 11.8. The molecule has 4 rings (SSSR count). The average Bonchev–Trinajstić information content (AvgIpc) is 3.31. The van der Waals surface area contributed by atoms with Crippen molar-refractivity contribution < 1.29 is 23.4 Å². The van der Waals surface area contributed by atoms with E-state index in [1.165, 1.54) is 12.1 Å². The predicted molar refractivity (Wildman–Crippen MR) is 122 cm³/mol. The fraction of sp³-hybridized carbons (Fsp3) is 0.360. The van der Waals surface area contributed by atoms with Crippen molar-refractivity contribution in [3.63, 3.8) is 0 Å². The number of nitrogens with one attached hydrogen (secondary N) is 1. The minimum atomic E-state index is -0.273. The second-order valence-electron chi connectivity index (χ2n) is 8.03. The molecule has 2 aromatic carbocycles. The number of halogens is 1. The fourth-order valence-corrected chi connectivity index (χ4v) is 3.85. The van der Waals surface area contributed by atoms with E-state index in [0.717, 1.165) is 42.6 Å². The molecule has 174 valence electrons. The molecule has 8 heteroatoms. The van der Waals surface area contributed by atoms with Crippen molar-refractivity contribution in [3.05, 3.63) is 59.5 Å². The molecule has 33 heavy (non-hydrogen) atoms. The van der Waals surface area contributed by atoms with Crippen molar-refractivity contribution in [3.8, 4) is 28.5 Å². The number of fused-ring (bicyclic) bond motifs is 1. The van der Waals surface area contributed by atoms with Gasteiger partial charge in [-0.3, -0.25) is 9.89 Å². The molecular weight excluding hydrogens is 425 g/mol. The molecule has 0 unspecified atom stereocenters. The summed E-state index contributed by atoms with van der Waals surface area (Å²) in [5, 5.41) is 7.31. The van der Waals surface area contributed by atoms with Gasteiger partial charge in [-0.25, -0.2) is 4.39 Å². The molecule has 0 spiro atoms. The van der Waals surface area contributed by atoms with Gasteiger partial charge in [0.25, 0.3) is 5.91 Å². The van der Waals surface area contributed by atoms with E-state index in [1.807, 2.05) is 12.1 Å². The normalized spacial score (nSPS) is 12.5. The third-order valence-electron chi connectivity index (χ3n) is 5.61. The van der Waals surface area contributed by atoms with Crippen LogP contribution in [-0.4, -0.2) is 54.9 Å². The van der Waals surface area contributed by atoms with Gasteiger partial charge in [0.1, 0.15) is 19.0 Å². The Bertz CT molecular complexity index is 1100. The number of hydrogen-bond acceptors (Lipinski definition) is 5. The van der Waals surface area contributed by atoms with Crippen LogP contribution in [0, 0.1) is 5.82 Å². The molecule has 0 radical (unpaired) electrons. The lowest BCUT2D eigenvalue weighted by Crippen LogP contribution is -2.28. The number of benzene rings is 2. The molecule has 1 aliphatic rings. The Balaban J connectivity index is 1.25. The number of nitrogens with zero attached hydrogens (tertiary/aromatic N) is 2. The highest BCUT2D eigenvalue weighted by Crippen LogP contribution is 2.40. The van der Waals surface area contributed by atoms with Crippen LogP contribution in [0.15, 0.2) is 42.5 Å². The maximum Gasteiger partial charge on any atom is 0.253 e. The molecule has 1 N–H and O–H groups in total. The van der Waals surface area contributed by atoms with E-state index in [0.29, 0.717) is 42.6 Å². The first-order valence-electron chi connectivity index (χ1n) is 11.1. The highest BCUT2D eigenvalue weighted by molar-refractivity contribution is 5.95.